The topological polar surface area (TPSA) is 12.4 Å². The third-order valence-electron chi connectivity index (χ3n) is 1.59. The summed E-state index contributed by atoms with van der Waals surface area (Å²) in [5, 5.41) is 0. The van der Waals surface area contributed by atoms with Crippen LogP contribution in [0.1, 0.15) is 19.8 Å². The van der Waals surface area contributed by atoms with Gasteiger partial charge in [-0.25, -0.2) is 0 Å². The lowest BCUT2D eigenvalue weighted by molar-refractivity contribution is 0.934. The molecule has 0 amide bonds. The highest BCUT2D eigenvalue weighted by Gasteiger charge is 1.87. The Morgan fingerprint density at radius 1 is 1.25 bits per heavy atom. The summed E-state index contributed by atoms with van der Waals surface area (Å²) in [4.78, 5) is 4.41. The summed E-state index contributed by atoms with van der Waals surface area (Å²) in [5.74, 6) is 0. The Hall–Kier alpha value is -1.11. The van der Waals surface area contributed by atoms with Crippen molar-refractivity contribution in [3.8, 4) is 0 Å². The van der Waals surface area contributed by atoms with Crippen molar-refractivity contribution in [1.82, 2.24) is 0 Å². The van der Waals surface area contributed by atoms with E-state index in [1.54, 1.807) is 0 Å². The van der Waals surface area contributed by atoms with Gasteiger partial charge in [0.2, 0.25) is 0 Å². The van der Waals surface area contributed by atoms with E-state index in [1.165, 1.54) is 0 Å². The van der Waals surface area contributed by atoms with Gasteiger partial charge in [0, 0.05) is 6.54 Å². The van der Waals surface area contributed by atoms with E-state index in [-0.39, 0.29) is 0 Å². The van der Waals surface area contributed by atoms with E-state index in [1.807, 2.05) is 12.2 Å². The lowest BCUT2D eigenvalue weighted by Crippen LogP contribution is -1.90. The number of nitrogens with zero attached hydrogens (tertiary/aromatic N) is 1. The number of hydrogen-bond donors (Lipinski definition) is 0. The zero-order valence-electron chi connectivity index (χ0n) is 7.53. The summed E-state index contributed by atoms with van der Waals surface area (Å²) in [6, 6.07) is 0. The molecule has 0 spiro atoms. The van der Waals surface area contributed by atoms with Crippen LogP contribution < -0.4 is 0 Å². The summed E-state index contributed by atoms with van der Waals surface area (Å²) in [5.41, 5.74) is 1.08. The molecule has 1 aliphatic rings. The molecule has 0 aromatic carbocycles. The number of rotatable bonds is 2. The highest BCUT2D eigenvalue weighted by molar-refractivity contribution is 6.04. The Morgan fingerprint density at radius 2 is 2.17 bits per heavy atom. The quantitative estimate of drug-likeness (QED) is 0.590. The molecule has 0 N–H and O–H groups in total. The first-order valence-electron chi connectivity index (χ1n) is 4.47. The van der Waals surface area contributed by atoms with Gasteiger partial charge in [0.25, 0.3) is 0 Å². The van der Waals surface area contributed by atoms with E-state index in [0.29, 0.717) is 0 Å². The van der Waals surface area contributed by atoms with Gasteiger partial charge in [0.15, 0.2) is 0 Å². The van der Waals surface area contributed by atoms with Crippen LogP contribution in [0.25, 0.3) is 0 Å². The van der Waals surface area contributed by atoms with Crippen molar-refractivity contribution < 1.29 is 0 Å². The fraction of sp³-hybridized carbons (Fsp3) is 0.364. The van der Waals surface area contributed by atoms with Crippen LogP contribution in [0.4, 0.5) is 0 Å². The van der Waals surface area contributed by atoms with Gasteiger partial charge in [-0.05, 0) is 25.0 Å². The minimum atomic E-state index is 0.924. The van der Waals surface area contributed by atoms with Gasteiger partial charge in [-0.3, -0.25) is 4.99 Å². The largest absolute Gasteiger partial charge is 0.285 e. The van der Waals surface area contributed by atoms with Gasteiger partial charge in [-0.15, -0.1) is 0 Å². The molecule has 0 bridgehead atoms. The molecule has 1 heteroatoms. The van der Waals surface area contributed by atoms with Crippen molar-refractivity contribution in [1.29, 1.82) is 0 Å². The van der Waals surface area contributed by atoms with Crippen molar-refractivity contribution in [2.45, 2.75) is 19.8 Å². The molecular formula is C11H15N. The van der Waals surface area contributed by atoms with E-state index < -0.39 is 0 Å². The Morgan fingerprint density at radius 3 is 3.00 bits per heavy atom. The first-order chi connectivity index (χ1) is 5.93. The molecule has 0 saturated heterocycles. The molecule has 0 unspecified atom stereocenters. The molecule has 0 radical (unpaired) electrons. The predicted octanol–water partition coefficient (Wildman–Crippen LogP) is 2.91. The second kappa shape index (κ2) is 5.53. The number of allylic oxidation sites excluding steroid dienone is 6. The minimum absolute atomic E-state index is 0.924. The van der Waals surface area contributed by atoms with Gasteiger partial charge in [0.1, 0.15) is 0 Å². The Balaban J connectivity index is 2.62. The standard InChI is InChI=1S/C11H15N/c1-2-10-12-11-8-6-4-3-5-7-9-11/h3-4,6-9H,2,5,10H2,1H3/b4-3+,8-6?,9-7-,12-11?. The van der Waals surface area contributed by atoms with Gasteiger partial charge in [-0.1, -0.05) is 31.2 Å². The highest BCUT2D eigenvalue weighted by Crippen LogP contribution is 1.96. The maximum Gasteiger partial charge on any atom is 0.0571 e. The van der Waals surface area contributed by atoms with Gasteiger partial charge in [0.05, 0.1) is 5.71 Å². The molecule has 0 aliphatic heterocycles. The number of hydrogen-bond acceptors (Lipinski definition) is 1. The SMILES string of the molecule is CCCN=C1C=C/C=C/C/C=C\1. The third kappa shape index (κ3) is 3.33. The highest BCUT2D eigenvalue weighted by atomic mass is 14.7. The van der Waals surface area contributed by atoms with Crippen LogP contribution in [0.5, 0.6) is 0 Å². The minimum Gasteiger partial charge on any atom is -0.285 e. The van der Waals surface area contributed by atoms with Crippen LogP contribution in [-0.4, -0.2) is 12.3 Å². The molecule has 0 aromatic rings. The molecule has 0 aromatic heterocycles. The van der Waals surface area contributed by atoms with Crippen molar-refractivity contribution in [3.05, 3.63) is 36.5 Å². The van der Waals surface area contributed by atoms with E-state index in [2.05, 4.69) is 36.2 Å². The molecule has 0 saturated carbocycles. The van der Waals surface area contributed by atoms with Gasteiger partial charge in [-0.2, -0.15) is 0 Å². The Kier molecular flexibility index (Phi) is 4.14. The lowest BCUT2D eigenvalue weighted by Gasteiger charge is -1.95. The normalized spacial score (nSPS) is 24.9. The zero-order valence-corrected chi connectivity index (χ0v) is 7.53. The first kappa shape index (κ1) is 8.98. The molecule has 64 valence electrons. The molecule has 12 heavy (non-hydrogen) atoms. The molecule has 1 aliphatic carbocycles. The van der Waals surface area contributed by atoms with Crippen molar-refractivity contribution >= 4 is 5.71 Å². The third-order valence-corrected chi connectivity index (χ3v) is 1.59. The van der Waals surface area contributed by atoms with E-state index in [9.17, 15) is 0 Å². The smallest absolute Gasteiger partial charge is 0.0571 e. The first-order valence-corrected chi connectivity index (χ1v) is 4.47. The molecular weight excluding hydrogens is 146 g/mol. The fourth-order valence-corrected chi connectivity index (χ4v) is 0.981. The summed E-state index contributed by atoms with van der Waals surface area (Å²) in [7, 11) is 0. The second-order valence-corrected chi connectivity index (χ2v) is 2.73. The summed E-state index contributed by atoms with van der Waals surface area (Å²) in [6.45, 7) is 3.06. The van der Waals surface area contributed by atoms with Crippen LogP contribution in [-0.2, 0) is 0 Å². The second-order valence-electron chi connectivity index (χ2n) is 2.73. The van der Waals surface area contributed by atoms with Crippen molar-refractivity contribution in [3.63, 3.8) is 0 Å². The molecule has 0 atom stereocenters. The van der Waals surface area contributed by atoms with Crippen LogP contribution in [0, 0.1) is 0 Å². The molecule has 1 nitrogen and oxygen atoms in total. The molecule has 0 fully saturated rings. The lowest BCUT2D eigenvalue weighted by atomic mass is 10.2. The zero-order chi connectivity index (χ0) is 8.65. The van der Waals surface area contributed by atoms with Crippen molar-refractivity contribution in [2.24, 2.45) is 4.99 Å². The maximum atomic E-state index is 4.41. The van der Waals surface area contributed by atoms with Gasteiger partial charge < -0.3 is 0 Å². The van der Waals surface area contributed by atoms with Gasteiger partial charge >= 0.3 is 0 Å². The maximum absolute atomic E-state index is 4.41. The van der Waals surface area contributed by atoms with Crippen LogP contribution >= 0.6 is 0 Å². The molecule has 0 heterocycles. The summed E-state index contributed by atoms with van der Waals surface area (Å²) < 4.78 is 0. The van der Waals surface area contributed by atoms with Crippen LogP contribution in [0.15, 0.2) is 41.4 Å². The van der Waals surface area contributed by atoms with Crippen molar-refractivity contribution in [2.75, 3.05) is 6.54 Å². The van der Waals surface area contributed by atoms with Crippen LogP contribution in [0.2, 0.25) is 0 Å². The van der Waals surface area contributed by atoms with E-state index in [4.69, 9.17) is 0 Å². The molecule has 1 rings (SSSR count). The Bertz CT molecular complexity index is 231. The van der Waals surface area contributed by atoms with E-state index >= 15 is 0 Å². The monoisotopic (exact) mass is 161 g/mol. The average Bonchev–Trinajstić information content (AvgIpc) is 2.02. The van der Waals surface area contributed by atoms with E-state index in [0.717, 1.165) is 25.1 Å². The Labute approximate surface area is 74.2 Å². The summed E-state index contributed by atoms with van der Waals surface area (Å²) >= 11 is 0. The average molecular weight is 161 g/mol. The van der Waals surface area contributed by atoms with Crippen LogP contribution in [0.3, 0.4) is 0 Å². The number of aliphatic imine (C=N–C) groups is 1. The summed E-state index contributed by atoms with van der Waals surface area (Å²) in [6.07, 6.45) is 14.6. The predicted molar refractivity (Wildman–Crippen MR) is 54.6 cm³/mol. The fourth-order valence-electron chi connectivity index (χ4n) is 0.981.